The fourth-order valence-electron chi connectivity index (χ4n) is 0.750. The van der Waals surface area contributed by atoms with Crippen molar-refractivity contribution < 1.29 is 0 Å². The first-order valence-electron chi connectivity index (χ1n) is 3.08. The summed E-state index contributed by atoms with van der Waals surface area (Å²) < 4.78 is 2.13. The quantitative estimate of drug-likeness (QED) is 0.724. The molecule has 0 saturated carbocycles. The van der Waals surface area contributed by atoms with Crippen molar-refractivity contribution in [3.05, 3.63) is 39.1 Å². The SMILES string of the molecule is ClC[CH]c1ccc(Br)cc1Br. The summed E-state index contributed by atoms with van der Waals surface area (Å²) in [5.74, 6) is 0.542. The maximum Gasteiger partial charge on any atom is 0.0299 e. The molecule has 0 aliphatic rings. The molecule has 0 amide bonds. The van der Waals surface area contributed by atoms with Crippen LogP contribution in [-0.2, 0) is 0 Å². The van der Waals surface area contributed by atoms with Crippen LogP contribution in [0.25, 0.3) is 0 Å². The van der Waals surface area contributed by atoms with Gasteiger partial charge in [-0.05, 0) is 17.7 Å². The maximum atomic E-state index is 5.56. The molecule has 0 N–H and O–H groups in total. The van der Waals surface area contributed by atoms with Gasteiger partial charge in [-0.2, -0.15) is 0 Å². The fourth-order valence-corrected chi connectivity index (χ4v) is 2.13. The summed E-state index contributed by atoms with van der Waals surface area (Å²) in [6.45, 7) is 0. The van der Waals surface area contributed by atoms with Gasteiger partial charge >= 0.3 is 0 Å². The lowest BCUT2D eigenvalue weighted by Gasteiger charge is -2.00. The highest BCUT2D eigenvalue weighted by atomic mass is 79.9. The highest BCUT2D eigenvalue weighted by Crippen LogP contribution is 2.23. The molecule has 3 heteroatoms. The van der Waals surface area contributed by atoms with Gasteiger partial charge < -0.3 is 0 Å². The Bertz CT molecular complexity index is 248. The van der Waals surface area contributed by atoms with Gasteiger partial charge in [0.05, 0.1) is 0 Å². The van der Waals surface area contributed by atoms with E-state index < -0.39 is 0 Å². The van der Waals surface area contributed by atoms with E-state index in [-0.39, 0.29) is 0 Å². The Morgan fingerprint density at radius 1 is 1.36 bits per heavy atom. The topological polar surface area (TPSA) is 0 Å². The summed E-state index contributed by atoms with van der Waals surface area (Å²) >= 11 is 12.4. The van der Waals surface area contributed by atoms with Crippen LogP contribution in [-0.4, -0.2) is 5.88 Å². The van der Waals surface area contributed by atoms with E-state index in [1.165, 1.54) is 0 Å². The van der Waals surface area contributed by atoms with E-state index in [0.29, 0.717) is 5.88 Å². The molecular formula is C8H6Br2Cl. The monoisotopic (exact) mass is 295 g/mol. The molecule has 1 aromatic carbocycles. The predicted molar refractivity (Wildman–Crippen MR) is 56.0 cm³/mol. The van der Waals surface area contributed by atoms with Crippen molar-refractivity contribution in [3.63, 3.8) is 0 Å². The van der Waals surface area contributed by atoms with Crippen LogP contribution in [0, 0.1) is 6.42 Å². The zero-order valence-corrected chi connectivity index (χ0v) is 9.58. The Labute approximate surface area is 88.2 Å². The van der Waals surface area contributed by atoms with Gasteiger partial charge in [-0.1, -0.05) is 37.9 Å². The summed E-state index contributed by atoms with van der Waals surface area (Å²) in [6, 6.07) is 6.00. The molecule has 0 nitrogen and oxygen atoms in total. The molecule has 0 aromatic heterocycles. The molecular weight excluding hydrogens is 291 g/mol. The second-order valence-electron chi connectivity index (χ2n) is 2.02. The van der Waals surface area contributed by atoms with Crippen LogP contribution < -0.4 is 0 Å². The third kappa shape index (κ3) is 2.77. The molecule has 0 saturated heterocycles. The zero-order chi connectivity index (χ0) is 8.27. The van der Waals surface area contributed by atoms with Gasteiger partial charge in [-0.25, -0.2) is 0 Å². The Hall–Kier alpha value is 0.470. The van der Waals surface area contributed by atoms with Crippen molar-refractivity contribution >= 4 is 43.5 Å². The number of hydrogen-bond donors (Lipinski definition) is 0. The lowest BCUT2D eigenvalue weighted by atomic mass is 10.2. The Balaban J connectivity index is 2.90. The van der Waals surface area contributed by atoms with Gasteiger partial charge in [0.15, 0.2) is 0 Å². The zero-order valence-electron chi connectivity index (χ0n) is 5.65. The van der Waals surface area contributed by atoms with E-state index >= 15 is 0 Å². The second kappa shape index (κ2) is 4.48. The standard InChI is InChI=1S/C8H6Br2Cl/c9-7-2-1-6(3-4-11)8(10)5-7/h1-3,5H,4H2. The van der Waals surface area contributed by atoms with Gasteiger partial charge in [0.25, 0.3) is 0 Å². The predicted octanol–water partition coefficient (Wildman–Crippen LogP) is 4.00. The molecule has 1 radical (unpaired) electrons. The van der Waals surface area contributed by atoms with Crippen molar-refractivity contribution in [2.75, 3.05) is 5.88 Å². The van der Waals surface area contributed by atoms with E-state index in [1.54, 1.807) is 0 Å². The minimum absolute atomic E-state index is 0.542. The van der Waals surface area contributed by atoms with Crippen LogP contribution in [0.5, 0.6) is 0 Å². The van der Waals surface area contributed by atoms with Crippen molar-refractivity contribution in [2.45, 2.75) is 0 Å². The number of benzene rings is 1. The van der Waals surface area contributed by atoms with Crippen LogP contribution in [0.1, 0.15) is 5.56 Å². The lowest BCUT2D eigenvalue weighted by Crippen LogP contribution is -1.83. The average Bonchev–Trinajstić information content (AvgIpc) is 1.95. The molecule has 0 unspecified atom stereocenters. The molecule has 0 heterocycles. The van der Waals surface area contributed by atoms with E-state index in [4.69, 9.17) is 11.6 Å². The Morgan fingerprint density at radius 3 is 2.64 bits per heavy atom. The van der Waals surface area contributed by atoms with Gasteiger partial charge in [0.1, 0.15) is 0 Å². The van der Waals surface area contributed by atoms with E-state index in [0.717, 1.165) is 14.5 Å². The Kier molecular flexibility index (Phi) is 3.90. The molecule has 11 heavy (non-hydrogen) atoms. The van der Waals surface area contributed by atoms with Gasteiger partial charge in [-0.15, -0.1) is 11.6 Å². The molecule has 0 aliphatic heterocycles. The van der Waals surface area contributed by atoms with Crippen LogP contribution in [0.3, 0.4) is 0 Å². The smallest absolute Gasteiger partial charge is 0.0299 e. The highest BCUT2D eigenvalue weighted by Gasteiger charge is 1.98. The molecule has 0 spiro atoms. The number of alkyl halides is 1. The summed E-state index contributed by atoms with van der Waals surface area (Å²) in [6.07, 6.45) is 1.96. The van der Waals surface area contributed by atoms with Crippen LogP contribution in [0.4, 0.5) is 0 Å². The largest absolute Gasteiger partial charge is 0.126 e. The van der Waals surface area contributed by atoms with Crippen LogP contribution >= 0.6 is 43.5 Å². The summed E-state index contributed by atoms with van der Waals surface area (Å²) in [5.41, 5.74) is 1.13. The molecule has 1 rings (SSSR count). The van der Waals surface area contributed by atoms with Gasteiger partial charge in [0.2, 0.25) is 0 Å². The lowest BCUT2D eigenvalue weighted by molar-refractivity contribution is 1.39. The third-order valence-corrected chi connectivity index (χ3v) is 2.59. The number of halogens is 3. The second-order valence-corrected chi connectivity index (χ2v) is 4.10. The minimum atomic E-state index is 0.542. The first-order chi connectivity index (χ1) is 5.24. The molecule has 0 fully saturated rings. The molecule has 59 valence electrons. The van der Waals surface area contributed by atoms with Crippen LogP contribution in [0.2, 0.25) is 0 Å². The van der Waals surface area contributed by atoms with Crippen molar-refractivity contribution in [3.8, 4) is 0 Å². The fraction of sp³-hybridized carbons (Fsp3) is 0.125. The normalized spacial score (nSPS) is 10.1. The van der Waals surface area contributed by atoms with E-state index in [1.807, 2.05) is 24.6 Å². The molecule has 0 bridgehead atoms. The number of hydrogen-bond acceptors (Lipinski definition) is 0. The minimum Gasteiger partial charge on any atom is -0.126 e. The Morgan fingerprint density at radius 2 is 2.09 bits per heavy atom. The van der Waals surface area contributed by atoms with E-state index in [2.05, 4.69) is 31.9 Å². The number of rotatable bonds is 2. The molecule has 1 aromatic rings. The summed E-state index contributed by atoms with van der Waals surface area (Å²) in [4.78, 5) is 0. The van der Waals surface area contributed by atoms with Crippen molar-refractivity contribution in [1.29, 1.82) is 0 Å². The average molecular weight is 297 g/mol. The first kappa shape index (κ1) is 9.56. The summed E-state index contributed by atoms with van der Waals surface area (Å²) in [5, 5.41) is 0. The first-order valence-corrected chi connectivity index (χ1v) is 5.20. The van der Waals surface area contributed by atoms with Crippen molar-refractivity contribution in [2.24, 2.45) is 0 Å². The highest BCUT2D eigenvalue weighted by molar-refractivity contribution is 9.11. The molecule has 0 aliphatic carbocycles. The summed E-state index contributed by atoms with van der Waals surface area (Å²) in [7, 11) is 0. The third-order valence-electron chi connectivity index (χ3n) is 1.26. The van der Waals surface area contributed by atoms with Gasteiger partial charge in [-0.3, -0.25) is 0 Å². The van der Waals surface area contributed by atoms with Crippen molar-refractivity contribution in [1.82, 2.24) is 0 Å². The van der Waals surface area contributed by atoms with Gasteiger partial charge in [0, 0.05) is 21.2 Å². The molecule has 0 atom stereocenters. The maximum absolute atomic E-state index is 5.56. The van der Waals surface area contributed by atoms with Crippen LogP contribution in [0.15, 0.2) is 27.1 Å². The van der Waals surface area contributed by atoms with E-state index in [9.17, 15) is 0 Å².